The van der Waals surface area contributed by atoms with Crippen LogP contribution < -0.4 is 11.1 Å². The van der Waals surface area contributed by atoms with Crippen molar-refractivity contribution < 1.29 is 8.42 Å². The summed E-state index contributed by atoms with van der Waals surface area (Å²) >= 11 is 0. The monoisotopic (exact) mass is 378 g/mol. The molecule has 0 spiro atoms. The molecule has 1 atom stereocenters. The van der Waals surface area contributed by atoms with Gasteiger partial charge in [-0.3, -0.25) is 9.89 Å². The second kappa shape index (κ2) is 8.86. The van der Waals surface area contributed by atoms with Crippen LogP contribution in [0.1, 0.15) is 31.2 Å². The number of sulfone groups is 1. The van der Waals surface area contributed by atoms with Gasteiger partial charge in [0.1, 0.15) is 0 Å². The predicted molar refractivity (Wildman–Crippen MR) is 106 cm³/mol. The van der Waals surface area contributed by atoms with E-state index in [1.807, 2.05) is 6.07 Å². The molecule has 0 radical (unpaired) electrons. The highest BCUT2D eigenvalue weighted by molar-refractivity contribution is 7.91. The van der Waals surface area contributed by atoms with E-state index < -0.39 is 9.84 Å². The molecular weight excluding hydrogens is 348 g/mol. The molecule has 0 saturated carbocycles. The zero-order chi connectivity index (χ0) is 18.4. The van der Waals surface area contributed by atoms with Gasteiger partial charge in [0.15, 0.2) is 15.8 Å². The Balaban J connectivity index is 1.39. The highest BCUT2D eigenvalue weighted by Gasteiger charge is 2.24. The molecule has 3 N–H and O–H groups in total. The summed E-state index contributed by atoms with van der Waals surface area (Å²) in [6.45, 7) is 3.58. The van der Waals surface area contributed by atoms with E-state index in [0.29, 0.717) is 24.3 Å². The summed E-state index contributed by atoms with van der Waals surface area (Å²) in [6.07, 6.45) is 3.76. The number of guanidine groups is 1. The molecule has 26 heavy (non-hydrogen) atoms. The first kappa shape index (κ1) is 19.2. The number of benzene rings is 1. The average molecular weight is 379 g/mol. The van der Waals surface area contributed by atoms with Gasteiger partial charge in [0.2, 0.25) is 0 Å². The Morgan fingerprint density at radius 2 is 1.92 bits per heavy atom. The first-order chi connectivity index (χ1) is 12.5. The summed E-state index contributed by atoms with van der Waals surface area (Å²) in [7, 11) is -2.88. The average Bonchev–Trinajstić information content (AvgIpc) is 2.62. The van der Waals surface area contributed by atoms with Crippen molar-refractivity contribution in [2.45, 2.75) is 38.3 Å². The fraction of sp³-hybridized carbons (Fsp3) is 0.632. The molecule has 2 saturated heterocycles. The Morgan fingerprint density at radius 3 is 2.62 bits per heavy atom. The van der Waals surface area contributed by atoms with E-state index in [4.69, 9.17) is 5.73 Å². The van der Waals surface area contributed by atoms with Crippen LogP contribution in [0.4, 0.5) is 0 Å². The minimum atomic E-state index is -2.88. The van der Waals surface area contributed by atoms with Crippen molar-refractivity contribution in [3.63, 3.8) is 0 Å². The number of piperidine rings is 1. The molecule has 2 aliphatic rings. The Morgan fingerprint density at radius 1 is 1.19 bits per heavy atom. The Labute approximate surface area is 156 Å². The maximum absolute atomic E-state index is 11.7. The molecule has 7 heteroatoms. The van der Waals surface area contributed by atoms with E-state index in [1.54, 1.807) is 0 Å². The summed E-state index contributed by atoms with van der Waals surface area (Å²) in [5.74, 6) is 1.14. The molecule has 144 valence electrons. The molecule has 0 aliphatic carbocycles. The molecule has 3 rings (SSSR count). The quantitative estimate of drug-likeness (QED) is 0.597. The SMILES string of the molecule is NC(=NCC1CCCS(=O)(=O)C1)NC1CCN(Cc2ccccc2)CC1. The van der Waals surface area contributed by atoms with E-state index in [2.05, 4.69) is 39.5 Å². The highest BCUT2D eigenvalue weighted by Crippen LogP contribution is 2.18. The topological polar surface area (TPSA) is 87.8 Å². The van der Waals surface area contributed by atoms with Crippen molar-refractivity contribution in [2.24, 2.45) is 16.6 Å². The lowest BCUT2D eigenvalue weighted by Gasteiger charge is -2.32. The second-order valence-corrected chi connectivity index (χ2v) is 9.76. The molecule has 1 unspecified atom stereocenters. The number of likely N-dealkylation sites (tertiary alicyclic amines) is 1. The van der Waals surface area contributed by atoms with Gasteiger partial charge in [-0.2, -0.15) is 0 Å². The largest absolute Gasteiger partial charge is 0.370 e. The number of nitrogens with two attached hydrogens (primary N) is 1. The van der Waals surface area contributed by atoms with E-state index in [0.717, 1.165) is 45.3 Å². The normalized spacial score (nSPS) is 25.1. The third kappa shape index (κ3) is 5.99. The first-order valence-electron chi connectivity index (χ1n) is 9.53. The molecule has 6 nitrogen and oxygen atoms in total. The number of aliphatic imine (C=N–C) groups is 1. The summed E-state index contributed by atoms with van der Waals surface area (Å²) in [4.78, 5) is 6.87. The minimum absolute atomic E-state index is 0.113. The third-order valence-corrected chi connectivity index (χ3v) is 7.16. The minimum Gasteiger partial charge on any atom is -0.370 e. The fourth-order valence-corrected chi connectivity index (χ4v) is 5.58. The maximum Gasteiger partial charge on any atom is 0.188 e. The predicted octanol–water partition coefficient (Wildman–Crippen LogP) is 1.38. The van der Waals surface area contributed by atoms with Crippen LogP contribution in [0, 0.1) is 5.92 Å². The number of hydrogen-bond acceptors (Lipinski definition) is 4. The molecule has 1 aromatic rings. The molecule has 1 aromatic carbocycles. The van der Waals surface area contributed by atoms with Crippen LogP contribution in [0.25, 0.3) is 0 Å². The Bertz CT molecular complexity index is 698. The van der Waals surface area contributed by atoms with E-state index >= 15 is 0 Å². The maximum atomic E-state index is 11.7. The van der Waals surface area contributed by atoms with Gasteiger partial charge < -0.3 is 11.1 Å². The van der Waals surface area contributed by atoms with Gasteiger partial charge in [-0.15, -0.1) is 0 Å². The van der Waals surface area contributed by atoms with Gasteiger partial charge in [-0.1, -0.05) is 30.3 Å². The Kier molecular flexibility index (Phi) is 6.53. The summed E-state index contributed by atoms with van der Waals surface area (Å²) < 4.78 is 23.4. The highest BCUT2D eigenvalue weighted by atomic mass is 32.2. The first-order valence-corrected chi connectivity index (χ1v) is 11.4. The van der Waals surface area contributed by atoms with E-state index in [-0.39, 0.29) is 11.7 Å². The lowest BCUT2D eigenvalue weighted by Crippen LogP contribution is -2.47. The van der Waals surface area contributed by atoms with Crippen LogP contribution in [-0.2, 0) is 16.4 Å². The van der Waals surface area contributed by atoms with Crippen LogP contribution in [0.2, 0.25) is 0 Å². The third-order valence-electron chi connectivity index (χ3n) is 5.27. The van der Waals surface area contributed by atoms with Gasteiger partial charge >= 0.3 is 0 Å². The van der Waals surface area contributed by atoms with E-state index in [9.17, 15) is 8.42 Å². The lowest BCUT2D eigenvalue weighted by molar-refractivity contribution is 0.199. The molecule has 2 aliphatic heterocycles. The number of rotatable bonds is 5. The van der Waals surface area contributed by atoms with Gasteiger partial charge in [-0.05, 0) is 37.2 Å². The zero-order valence-electron chi connectivity index (χ0n) is 15.3. The van der Waals surface area contributed by atoms with Crippen LogP contribution in [-0.4, -0.2) is 56.5 Å². The zero-order valence-corrected chi connectivity index (χ0v) is 16.1. The van der Waals surface area contributed by atoms with Crippen molar-refractivity contribution in [3.8, 4) is 0 Å². The van der Waals surface area contributed by atoms with Gasteiger partial charge in [0, 0.05) is 32.2 Å². The summed E-state index contributed by atoms with van der Waals surface area (Å²) in [5, 5.41) is 3.32. The summed E-state index contributed by atoms with van der Waals surface area (Å²) in [6, 6.07) is 10.9. The van der Waals surface area contributed by atoms with Crippen LogP contribution in [0.5, 0.6) is 0 Å². The fourth-order valence-electron chi connectivity index (χ4n) is 3.82. The lowest BCUT2D eigenvalue weighted by atomic mass is 10.0. The van der Waals surface area contributed by atoms with Crippen molar-refractivity contribution in [1.29, 1.82) is 0 Å². The number of hydrogen-bond donors (Lipinski definition) is 2. The van der Waals surface area contributed by atoms with Crippen molar-refractivity contribution in [3.05, 3.63) is 35.9 Å². The summed E-state index contributed by atoms with van der Waals surface area (Å²) in [5.41, 5.74) is 7.37. The number of nitrogens with one attached hydrogen (secondary N) is 1. The van der Waals surface area contributed by atoms with Crippen molar-refractivity contribution in [2.75, 3.05) is 31.1 Å². The van der Waals surface area contributed by atoms with Crippen molar-refractivity contribution in [1.82, 2.24) is 10.2 Å². The molecule has 2 fully saturated rings. The van der Waals surface area contributed by atoms with Gasteiger partial charge in [0.25, 0.3) is 0 Å². The Hall–Kier alpha value is -1.60. The van der Waals surface area contributed by atoms with E-state index in [1.165, 1.54) is 5.56 Å². The smallest absolute Gasteiger partial charge is 0.188 e. The molecule has 2 heterocycles. The molecule has 0 aromatic heterocycles. The molecule has 0 amide bonds. The molecule has 0 bridgehead atoms. The standard InChI is InChI=1S/C19H30N4O2S/c20-19(21-13-17-7-4-12-26(24,25)15-17)22-18-8-10-23(11-9-18)14-16-5-2-1-3-6-16/h1-3,5-6,17-18H,4,7-15H2,(H3,20,21,22). The van der Waals surface area contributed by atoms with Gasteiger partial charge in [-0.25, -0.2) is 8.42 Å². The number of nitrogens with zero attached hydrogens (tertiary/aromatic N) is 2. The molecular formula is C19H30N4O2S. The van der Waals surface area contributed by atoms with Gasteiger partial charge in [0.05, 0.1) is 11.5 Å². The van der Waals surface area contributed by atoms with Crippen molar-refractivity contribution >= 4 is 15.8 Å². The van der Waals surface area contributed by atoms with Crippen LogP contribution in [0.15, 0.2) is 35.3 Å². The van der Waals surface area contributed by atoms with Crippen LogP contribution >= 0.6 is 0 Å². The van der Waals surface area contributed by atoms with Crippen LogP contribution in [0.3, 0.4) is 0 Å². The second-order valence-electron chi connectivity index (χ2n) is 7.53.